The Labute approximate surface area is 110 Å². The number of rotatable bonds is 5. The third-order valence-corrected chi connectivity index (χ3v) is 2.94. The zero-order valence-electron chi connectivity index (χ0n) is 10.8. The van der Waals surface area contributed by atoms with Gasteiger partial charge >= 0.3 is 0 Å². The molecule has 0 aromatic heterocycles. The minimum absolute atomic E-state index is 0.422. The van der Waals surface area contributed by atoms with Crippen LogP contribution in [0.5, 0.6) is 0 Å². The van der Waals surface area contributed by atoms with Crippen LogP contribution in [0.1, 0.15) is 19.4 Å². The summed E-state index contributed by atoms with van der Waals surface area (Å²) in [6, 6.07) is 5.35. The average molecular weight is 274 g/mol. The van der Waals surface area contributed by atoms with E-state index in [4.69, 9.17) is 5.73 Å². The highest BCUT2D eigenvalue weighted by Gasteiger charge is 2.33. The number of nitrogens with one attached hydrogen (secondary N) is 1. The Balaban J connectivity index is 2.77. The molecule has 3 nitrogen and oxygen atoms in total. The van der Waals surface area contributed by atoms with Crippen LogP contribution in [0.3, 0.4) is 0 Å². The molecule has 0 spiro atoms. The van der Waals surface area contributed by atoms with Crippen LogP contribution in [0.2, 0.25) is 0 Å². The first kappa shape index (κ1) is 15.5. The number of hydrogen-bond donors (Lipinski definition) is 2. The van der Waals surface area contributed by atoms with Gasteiger partial charge in [0.15, 0.2) is 0 Å². The molecule has 0 aliphatic heterocycles. The van der Waals surface area contributed by atoms with E-state index in [0.717, 1.165) is 0 Å². The number of alkyl halides is 2. The number of carbonyl (C=O) groups excluding carboxylic acids is 1. The van der Waals surface area contributed by atoms with Gasteiger partial charge in [0, 0.05) is 0 Å². The molecule has 0 heterocycles. The Hall–Kier alpha value is -1.56. The van der Waals surface area contributed by atoms with Crippen molar-refractivity contribution in [1.29, 1.82) is 0 Å². The van der Waals surface area contributed by atoms with Gasteiger partial charge in [0.1, 0.15) is 5.82 Å². The molecule has 0 unspecified atom stereocenters. The van der Waals surface area contributed by atoms with Gasteiger partial charge in [-0.25, -0.2) is 13.2 Å². The maximum absolute atomic E-state index is 13.0. The molecule has 19 heavy (non-hydrogen) atoms. The average Bonchev–Trinajstić information content (AvgIpc) is 2.36. The van der Waals surface area contributed by atoms with E-state index in [0.29, 0.717) is 5.56 Å². The summed E-state index contributed by atoms with van der Waals surface area (Å²) < 4.78 is 38.7. The highest BCUT2D eigenvalue weighted by atomic mass is 19.3. The zero-order chi connectivity index (χ0) is 14.7. The smallest absolute Gasteiger partial charge is 0.277 e. The Kier molecular flexibility index (Phi) is 4.57. The second kappa shape index (κ2) is 5.61. The van der Waals surface area contributed by atoms with Crippen LogP contribution in [-0.2, 0) is 10.2 Å². The number of carbonyl (C=O) groups is 1. The quantitative estimate of drug-likeness (QED) is 0.860. The molecule has 106 valence electrons. The molecule has 0 bridgehead atoms. The van der Waals surface area contributed by atoms with E-state index in [1.54, 1.807) is 13.8 Å². The van der Waals surface area contributed by atoms with Crippen LogP contribution < -0.4 is 11.1 Å². The molecular formula is C13H17F3N2O. The third-order valence-electron chi connectivity index (χ3n) is 2.94. The highest BCUT2D eigenvalue weighted by molar-refractivity contribution is 5.87. The lowest BCUT2D eigenvalue weighted by Crippen LogP contribution is -2.47. The normalized spacial score (nSPS) is 12.3. The van der Waals surface area contributed by atoms with Crippen molar-refractivity contribution in [3.63, 3.8) is 0 Å². The summed E-state index contributed by atoms with van der Waals surface area (Å²) in [4.78, 5) is 11.9. The van der Waals surface area contributed by atoms with E-state index >= 15 is 0 Å². The van der Waals surface area contributed by atoms with Crippen LogP contribution in [0.4, 0.5) is 13.2 Å². The molecule has 0 saturated carbocycles. The molecule has 3 N–H and O–H groups in total. The summed E-state index contributed by atoms with van der Waals surface area (Å²) in [5.41, 5.74) is 4.40. The number of benzene rings is 1. The van der Waals surface area contributed by atoms with E-state index in [2.05, 4.69) is 5.32 Å². The lowest BCUT2D eigenvalue weighted by atomic mass is 9.83. The van der Waals surface area contributed by atoms with Crippen LogP contribution in [0.25, 0.3) is 0 Å². The fourth-order valence-electron chi connectivity index (χ4n) is 1.50. The van der Waals surface area contributed by atoms with Crippen molar-refractivity contribution in [1.82, 2.24) is 5.32 Å². The molecule has 0 fully saturated rings. The monoisotopic (exact) mass is 274 g/mol. The van der Waals surface area contributed by atoms with Gasteiger partial charge in [-0.2, -0.15) is 0 Å². The zero-order valence-corrected chi connectivity index (χ0v) is 10.8. The molecule has 0 aliphatic rings. The van der Waals surface area contributed by atoms with Crippen LogP contribution in [-0.4, -0.2) is 24.9 Å². The Morgan fingerprint density at radius 1 is 1.26 bits per heavy atom. The van der Waals surface area contributed by atoms with Crippen LogP contribution in [0.15, 0.2) is 24.3 Å². The summed E-state index contributed by atoms with van der Waals surface area (Å²) in [6.45, 7) is 1.52. The van der Waals surface area contributed by atoms with Gasteiger partial charge in [0.05, 0.1) is 18.5 Å². The molecule has 1 aromatic rings. The van der Waals surface area contributed by atoms with Crippen LogP contribution in [0, 0.1) is 5.82 Å². The van der Waals surface area contributed by atoms with Crippen molar-refractivity contribution in [2.24, 2.45) is 5.73 Å². The molecule has 0 atom stereocenters. The number of hydrogen-bond acceptors (Lipinski definition) is 2. The molecule has 1 rings (SSSR count). The molecule has 1 amide bonds. The number of nitrogens with two attached hydrogens (primary N) is 1. The fourth-order valence-corrected chi connectivity index (χ4v) is 1.50. The lowest BCUT2D eigenvalue weighted by Gasteiger charge is -2.25. The van der Waals surface area contributed by atoms with Crippen molar-refractivity contribution < 1.29 is 18.0 Å². The fraction of sp³-hybridized carbons (Fsp3) is 0.462. The Morgan fingerprint density at radius 2 is 1.79 bits per heavy atom. The molecular weight excluding hydrogens is 257 g/mol. The second-order valence-corrected chi connectivity index (χ2v) is 4.87. The highest BCUT2D eigenvalue weighted by Crippen LogP contribution is 2.24. The molecule has 0 saturated heterocycles. The van der Waals surface area contributed by atoms with Crippen molar-refractivity contribution in [2.75, 3.05) is 13.1 Å². The van der Waals surface area contributed by atoms with Crippen molar-refractivity contribution in [2.45, 2.75) is 25.2 Å². The van der Waals surface area contributed by atoms with Crippen molar-refractivity contribution in [3.05, 3.63) is 35.6 Å². The minimum atomic E-state index is -3.13. The van der Waals surface area contributed by atoms with Gasteiger partial charge in [-0.05, 0) is 31.5 Å². The maximum Gasteiger partial charge on any atom is 0.277 e. The Morgan fingerprint density at radius 3 is 2.26 bits per heavy atom. The molecule has 0 aliphatic carbocycles. The van der Waals surface area contributed by atoms with Gasteiger partial charge in [-0.3, -0.25) is 4.79 Å². The Bertz CT molecular complexity index is 444. The summed E-state index contributed by atoms with van der Waals surface area (Å²) >= 11 is 0. The molecule has 0 radical (unpaired) electrons. The molecule has 1 aromatic carbocycles. The second-order valence-electron chi connectivity index (χ2n) is 4.87. The van der Waals surface area contributed by atoms with E-state index in [1.807, 2.05) is 0 Å². The van der Waals surface area contributed by atoms with E-state index in [1.165, 1.54) is 24.3 Å². The summed E-state index contributed by atoms with van der Waals surface area (Å²) in [6.07, 6.45) is 0. The first-order valence-electron chi connectivity index (χ1n) is 5.81. The van der Waals surface area contributed by atoms with Crippen LogP contribution >= 0.6 is 0 Å². The van der Waals surface area contributed by atoms with E-state index < -0.39 is 36.2 Å². The summed E-state index contributed by atoms with van der Waals surface area (Å²) in [5.74, 6) is -4.11. The summed E-state index contributed by atoms with van der Waals surface area (Å²) in [5, 5.41) is 2.16. The largest absolute Gasteiger partial charge is 0.349 e. The summed E-state index contributed by atoms with van der Waals surface area (Å²) in [7, 11) is 0. The lowest BCUT2D eigenvalue weighted by molar-refractivity contribution is -0.127. The number of amides is 1. The number of halogens is 3. The van der Waals surface area contributed by atoms with Gasteiger partial charge in [-0.15, -0.1) is 0 Å². The standard InChI is InChI=1S/C13H17F3N2O/c1-12(2,9-3-5-10(14)6-4-9)11(19)18-8-13(15,16)7-17/h3-6H,7-8,17H2,1-2H3,(H,18,19). The SMILES string of the molecule is CC(C)(C(=O)NCC(F)(F)CN)c1ccc(F)cc1. The predicted molar refractivity (Wildman–Crippen MR) is 66.4 cm³/mol. The maximum atomic E-state index is 13.0. The van der Waals surface area contributed by atoms with E-state index in [9.17, 15) is 18.0 Å². The first-order valence-corrected chi connectivity index (χ1v) is 5.81. The van der Waals surface area contributed by atoms with Gasteiger partial charge < -0.3 is 11.1 Å². The van der Waals surface area contributed by atoms with Crippen molar-refractivity contribution in [3.8, 4) is 0 Å². The third kappa shape index (κ3) is 3.96. The predicted octanol–water partition coefficient (Wildman–Crippen LogP) is 1.81. The van der Waals surface area contributed by atoms with Gasteiger partial charge in [0.2, 0.25) is 5.91 Å². The van der Waals surface area contributed by atoms with Gasteiger partial charge in [-0.1, -0.05) is 12.1 Å². The van der Waals surface area contributed by atoms with E-state index in [-0.39, 0.29) is 0 Å². The molecule has 6 heteroatoms. The van der Waals surface area contributed by atoms with Crippen molar-refractivity contribution >= 4 is 5.91 Å². The topological polar surface area (TPSA) is 55.1 Å². The minimum Gasteiger partial charge on any atom is -0.349 e. The first-order chi connectivity index (χ1) is 8.69. The van der Waals surface area contributed by atoms with Gasteiger partial charge in [0.25, 0.3) is 5.92 Å².